The van der Waals surface area contributed by atoms with Crippen LogP contribution in [0.1, 0.15) is 36.8 Å². The second-order valence-corrected chi connectivity index (χ2v) is 5.47. The van der Waals surface area contributed by atoms with Crippen LogP contribution in [0.4, 0.5) is 0 Å². The number of unbranched alkanes of at least 4 members (excludes halogenated alkanes) is 2. The molecule has 0 bridgehead atoms. The summed E-state index contributed by atoms with van der Waals surface area (Å²) in [5.41, 5.74) is 2.27. The zero-order chi connectivity index (χ0) is 16.2. The van der Waals surface area contributed by atoms with Crippen LogP contribution in [-0.2, 0) is 27.5 Å². The summed E-state index contributed by atoms with van der Waals surface area (Å²) >= 11 is 0. The summed E-state index contributed by atoms with van der Waals surface area (Å²) in [5, 5.41) is 0. The summed E-state index contributed by atoms with van der Waals surface area (Å²) in [5.74, 6) is 0. The third-order valence-corrected chi connectivity index (χ3v) is 3.57. The van der Waals surface area contributed by atoms with Crippen LogP contribution in [0.15, 0.2) is 60.7 Å². The van der Waals surface area contributed by atoms with Crippen LogP contribution in [-0.4, -0.2) is 12.6 Å². The number of benzene rings is 2. The van der Waals surface area contributed by atoms with E-state index in [4.69, 9.17) is 9.47 Å². The molecule has 3 nitrogen and oxygen atoms in total. The molecule has 0 aliphatic rings. The van der Waals surface area contributed by atoms with Crippen molar-refractivity contribution in [3.63, 3.8) is 0 Å². The number of ether oxygens (including phenoxy) is 2. The van der Waals surface area contributed by atoms with E-state index in [-0.39, 0.29) is 6.29 Å². The summed E-state index contributed by atoms with van der Waals surface area (Å²) in [6.07, 6.45) is 3.92. The Morgan fingerprint density at radius 1 is 0.783 bits per heavy atom. The molecule has 2 rings (SSSR count). The van der Waals surface area contributed by atoms with Gasteiger partial charge in [0.25, 0.3) is 0 Å². The van der Waals surface area contributed by atoms with E-state index in [0.29, 0.717) is 19.6 Å². The average molecular weight is 312 g/mol. The highest BCUT2D eigenvalue weighted by Crippen LogP contribution is 2.13. The Morgan fingerprint density at radius 2 is 1.30 bits per heavy atom. The van der Waals surface area contributed by atoms with E-state index in [0.717, 1.165) is 36.7 Å². The Labute approximate surface area is 138 Å². The van der Waals surface area contributed by atoms with E-state index >= 15 is 0 Å². The first-order chi connectivity index (χ1) is 11.4. The lowest BCUT2D eigenvalue weighted by molar-refractivity contribution is -0.160. The van der Waals surface area contributed by atoms with E-state index in [1.807, 2.05) is 60.7 Å². The molecule has 2 aromatic carbocycles. The van der Waals surface area contributed by atoms with Crippen molar-refractivity contribution in [1.82, 2.24) is 0 Å². The lowest BCUT2D eigenvalue weighted by Crippen LogP contribution is -2.17. The monoisotopic (exact) mass is 312 g/mol. The van der Waals surface area contributed by atoms with Gasteiger partial charge in [0.05, 0.1) is 13.2 Å². The largest absolute Gasteiger partial charge is 0.348 e. The van der Waals surface area contributed by atoms with Gasteiger partial charge in [0.15, 0.2) is 6.29 Å². The summed E-state index contributed by atoms with van der Waals surface area (Å²) in [6, 6.07) is 20.2. The third kappa shape index (κ3) is 7.22. The van der Waals surface area contributed by atoms with Crippen LogP contribution in [0, 0.1) is 0 Å². The Hall–Kier alpha value is -1.97. The number of aldehydes is 1. The Kier molecular flexibility index (Phi) is 8.09. The second-order valence-electron chi connectivity index (χ2n) is 5.47. The van der Waals surface area contributed by atoms with Gasteiger partial charge in [-0.3, -0.25) is 0 Å². The molecule has 0 unspecified atom stereocenters. The number of carbonyl (C=O) groups is 1. The molecule has 3 heteroatoms. The van der Waals surface area contributed by atoms with Crippen molar-refractivity contribution in [3.05, 3.63) is 71.8 Å². The Balaban J connectivity index is 1.81. The van der Waals surface area contributed by atoms with Gasteiger partial charge in [-0.05, 0) is 30.4 Å². The maximum atomic E-state index is 10.4. The first-order valence-electron chi connectivity index (χ1n) is 8.13. The molecular formula is C20H24O3. The molecule has 0 heterocycles. The molecule has 2 aromatic rings. The number of rotatable bonds is 11. The van der Waals surface area contributed by atoms with Gasteiger partial charge in [0.2, 0.25) is 0 Å². The van der Waals surface area contributed by atoms with Gasteiger partial charge in [-0.25, -0.2) is 0 Å². The summed E-state index contributed by atoms with van der Waals surface area (Å²) in [4.78, 5) is 10.4. The maximum absolute atomic E-state index is 10.4. The summed E-state index contributed by atoms with van der Waals surface area (Å²) in [6.45, 7) is 1.07. The van der Waals surface area contributed by atoms with Crippen LogP contribution in [0.2, 0.25) is 0 Å². The average Bonchev–Trinajstić information content (AvgIpc) is 2.62. The van der Waals surface area contributed by atoms with Gasteiger partial charge in [-0.15, -0.1) is 0 Å². The minimum absolute atomic E-state index is 0.248. The molecule has 0 amide bonds. The van der Waals surface area contributed by atoms with Crippen molar-refractivity contribution in [3.8, 4) is 0 Å². The van der Waals surface area contributed by atoms with E-state index in [1.54, 1.807) is 0 Å². The fourth-order valence-corrected chi connectivity index (χ4v) is 2.28. The maximum Gasteiger partial charge on any atom is 0.158 e. The molecule has 0 saturated carbocycles. The Bertz CT molecular complexity index is 496. The fraction of sp³-hybridized carbons (Fsp3) is 0.350. The standard InChI is InChI=1S/C20H24O3/c21-15-9-3-8-14-20(22-16-18-10-4-1-5-11-18)23-17-19-12-6-2-7-13-19/h1-2,4-7,10-13,15,20H,3,8-9,14,16-17H2. The van der Waals surface area contributed by atoms with Crippen LogP contribution >= 0.6 is 0 Å². The molecule has 0 spiro atoms. The second kappa shape index (κ2) is 10.7. The molecule has 0 aromatic heterocycles. The Morgan fingerprint density at radius 3 is 1.78 bits per heavy atom. The molecule has 0 fully saturated rings. The van der Waals surface area contributed by atoms with Crippen molar-refractivity contribution in [1.29, 1.82) is 0 Å². The first-order valence-corrected chi connectivity index (χ1v) is 8.13. The van der Waals surface area contributed by atoms with Crippen molar-refractivity contribution >= 4 is 6.29 Å². The van der Waals surface area contributed by atoms with E-state index in [9.17, 15) is 4.79 Å². The van der Waals surface area contributed by atoms with Crippen LogP contribution in [0.3, 0.4) is 0 Å². The quantitative estimate of drug-likeness (QED) is 0.348. The SMILES string of the molecule is O=CCCCCC(OCc1ccccc1)OCc1ccccc1. The predicted octanol–water partition coefficient (Wildman–Crippen LogP) is 4.51. The highest BCUT2D eigenvalue weighted by molar-refractivity contribution is 5.48. The number of hydrogen-bond acceptors (Lipinski definition) is 3. The molecule has 23 heavy (non-hydrogen) atoms. The number of hydrogen-bond donors (Lipinski definition) is 0. The molecule has 0 aliphatic carbocycles. The molecule has 122 valence electrons. The normalized spacial score (nSPS) is 10.8. The van der Waals surface area contributed by atoms with Gasteiger partial charge in [0, 0.05) is 6.42 Å². The minimum atomic E-state index is -0.248. The first kappa shape index (κ1) is 17.4. The van der Waals surface area contributed by atoms with Crippen LogP contribution in [0.25, 0.3) is 0 Å². The number of carbonyl (C=O) groups excluding carboxylic acids is 1. The lowest BCUT2D eigenvalue weighted by atomic mass is 10.2. The van der Waals surface area contributed by atoms with Gasteiger partial charge in [-0.1, -0.05) is 60.7 Å². The highest BCUT2D eigenvalue weighted by atomic mass is 16.7. The summed E-state index contributed by atoms with van der Waals surface area (Å²) < 4.78 is 11.8. The van der Waals surface area contributed by atoms with Gasteiger partial charge < -0.3 is 14.3 Å². The highest BCUT2D eigenvalue weighted by Gasteiger charge is 2.10. The van der Waals surface area contributed by atoms with Crippen molar-refractivity contribution in [2.75, 3.05) is 0 Å². The fourth-order valence-electron chi connectivity index (χ4n) is 2.28. The van der Waals surface area contributed by atoms with Gasteiger partial charge >= 0.3 is 0 Å². The molecule has 0 aliphatic heterocycles. The van der Waals surface area contributed by atoms with Crippen LogP contribution in [0.5, 0.6) is 0 Å². The molecule has 0 radical (unpaired) electrons. The molecular weight excluding hydrogens is 288 g/mol. The molecule has 0 N–H and O–H groups in total. The van der Waals surface area contributed by atoms with Crippen molar-refractivity contribution < 1.29 is 14.3 Å². The van der Waals surface area contributed by atoms with Gasteiger partial charge in [0.1, 0.15) is 6.29 Å². The van der Waals surface area contributed by atoms with Gasteiger partial charge in [-0.2, -0.15) is 0 Å². The molecule has 0 saturated heterocycles. The van der Waals surface area contributed by atoms with E-state index < -0.39 is 0 Å². The van der Waals surface area contributed by atoms with Crippen LogP contribution < -0.4 is 0 Å². The zero-order valence-electron chi connectivity index (χ0n) is 13.4. The summed E-state index contributed by atoms with van der Waals surface area (Å²) in [7, 11) is 0. The minimum Gasteiger partial charge on any atom is -0.348 e. The predicted molar refractivity (Wildman–Crippen MR) is 90.8 cm³/mol. The third-order valence-electron chi connectivity index (χ3n) is 3.57. The van der Waals surface area contributed by atoms with Crippen molar-refractivity contribution in [2.45, 2.75) is 45.2 Å². The lowest BCUT2D eigenvalue weighted by Gasteiger charge is -2.19. The topological polar surface area (TPSA) is 35.5 Å². The van der Waals surface area contributed by atoms with E-state index in [2.05, 4.69) is 0 Å². The van der Waals surface area contributed by atoms with Crippen molar-refractivity contribution in [2.24, 2.45) is 0 Å². The molecule has 0 atom stereocenters. The smallest absolute Gasteiger partial charge is 0.158 e. The zero-order valence-corrected chi connectivity index (χ0v) is 13.4. The van der Waals surface area contributed by atoms with E-state index in [1.165, 1.54) is 0 Å².